The molecule has 0 aliphatic carbocycles. The van der Waals surface area contributed by atoms with E-state index < -0.39 is 19.8 Å². The van der Waals surface area contributed by atoms with E-state index in [-0.39, 0.29) is 18.1 Å². The molecule has 1 N–H and O–H groups in total. The molecule has 27 heavy (non-hydrogen) atoms. The first kappa shape index (κ1) is 21.0. The van der Waals surface area contributed by atoms with Crippen LogP contribution in [0.1, 0.15) is 31.3 Å². The molecule has 8 nitrogen and oxygen atoms in total. The quantitative estimate of drug-likeness (QED) is 0.436. The fourth-order valence-corrected chi connectivity index (χ4v) is 3.01. The van der Waals surface area contributed by atoms with E-state index in [0.29, 0.717) is 23.9 Å². The van der Waals surface area contributed by atoms with Crippen molar-refractivity contribution in [3.05, 3.63) is 18.0 Å². The number of pyridine rings is 1. The number of carbonyl (C=O) groups excluding carboxylic acids is 2. The Morgan fingerprint density at radius 1 is 1.33 bits per heavy atom. The van der Waals surface area contributed by atoms with Crippen molar-refractivity contribution in [1.82, 2.24) is 14.8 Å². The van der Waals surface area contributed by atoms with Gasteiger partial charge in [-0.05, 0) is 32.9 Å². The van der Waals surface area contributed by atoms with Gasteiger partial charge in [0.1, 0.15) is 23.5 Å². The van der Waals surface area contributed by atoms with Gasteiger partial charge in [0.15, 0.2) is 6.29 Å². The number of aromatic nitrogens is 3. The van der Waals surface area contributed by atoms with Crippen LogP contribution in [0.4, 0.5) is 10.5 Å². The zero-order valence-electron chi connectivity index (χ0n) is 16.8. The highest BCUT2D eigenvalue weighted by Gasteiger charge is 2.19. The van der Waals surface area contributed by atoms with Gasteiger partial charge in [-0.3, -0.25) is 10.1 Å². The lowest BCUT2D eigenvalue weighted by molar-refractivity contribution is 0.0636. The molecule has 0 aliphatic heterocycles. The molecule has 0 fully saturated rings. The van der Waals surface area contributed by atoms with Crippen molar-refractivity contribution in [2.24, 2.45) is 0 Å². The lowest BCUT2D eigenvalue weighted by Crippen LogP contribution is -2.27. The van der Waals surface area contributed by atoms with Crippen LogP contribution in [-0.4, -0.2) is 47.4 Å². The van der Waals surface area contributed by atoms with Crippen LogP contribution in [0.3, 0.4) is 0 Å². The minimum atomic E-state index is -1.16. The fraction of sp³-hybridized carbons (Fsp3) is 0.556. The summed E-state index contributed by atoms with van der Waals surface area (Å²) in [4.78, 5) is 27.6. The molecule has 2 aromatic heterocycles. The van der Waals surface area contributed by atoms with Crippen LogP contribution in [0.2, 0.25) is 25.7 Å². The number of hydrogen-bond acceptors (Lipinski definition) is 6. The Labute approximate surface area is 160 Å². The molecule has 1 amide bonds. The highest BCUT2D eigenvalue weighted by molar-refractivity contribution is 6.76. The smallest absolute Gasteiger partial charge is 0.412 e. The monoisotopic (exact) mass is 392 g/mol. The van der Waals surface area contributed by atoms with E-state index in [1.54, 1.807) is 37.7 Å². The lowest BCUT2D eigenvalue weighted by atomic mass is 10.2. The zero-order valence-corrected chi connectivity index (χ0v) is 17.8. The number of fused-ring (bicyclic) bond motifs is 1. The summed E-state index contributed by atoms with van der Waals surface area (Å²) in [7, 11) is -1.16. The number of carbonyl (C=O) groups is 2. The van der Waals surface area contributed by atoms with Gasteiger partial charge in [0, 0.05) is 14.7 Å². The van der Waals surface area contributed by atoms with Crippen LogP contribution >= 0.6 is 0 Å². The van der Waals surface area contributed by atoms with Gasteiger partial charge >= 0.3 is 6.09 Å². The van der Waals surface area contributed by atoms with E-state index in [2.05, 4.69) is 35.0 Å². The zero-order chi connectivity index (χ0) is 20.2. The largest absolute Gasteiger partial charge is 0.444 e. The standard InChI is InChI=1S/C18H28N4O4Si/c1-18(2,3)26-17(24)21-13-9-16-14(20-15(13)11-23)10-19-22(16)12-25-7-8-27(4,5)6/h9-11H,7-8,12H2,1-6H3,(H,21,24). The lowest BCUT2D eigenvalue weighted by Gasteiger charge is -2.20. The maximum absolute atomic E-state index is 12.0. The topological polar surface area (TPSA) is 95.3 Å². The van der Waals surface area contributed by atoms with E-state index >= 15 is 0 Å². The van der Waals surface area contributed by atoms with Crippen molar-refractivity contribution in [3.63, 3.8) is 0 Å². The predicted molar refractivity (Wildman–Crippen MR) is 107 cm³/mol. The molecule has 0 saturated heterocycles. The van der Waals surface area contributed by atoms with Crippen molar-refractivity contribution in [1.29, 1.82) is 0 Å². The Bertz CT molecular complexity index is 821. The highest BCUT2D eigenvalue weighted by atomic mass is 28.3. The molecule has 0 spiro atoms. The first-order valence-electron chi connectivity index (χ1n) is 8.88. The molecule has 2 heterocycles. The molecule has 2 aromatic rings. The van der Waals surface area contributed by atoms with Gasteiger partial charge in [-0.25, -0.2) is 14.5 Å². The molecule has 0 aromatic carbocycles. The summed E-state index contributed by atoms with van der Waals surface area (Å²) < 4.78 is 12.6. The third-order valence-corrected chi connectivity index (χ3v) is 5.32. The van der Waals surface area contributed by atoms with E-state index in [9.17, 15) is 9.59 Å². The van der Waals surface area contributed by atoms with Gasteiger partial charge in [0.05, 0.1) is 17.4 Å². The van der Waals surface area contributed by atoms with Gasteiger partial charge in [-0.1, -0.05) is 19.6 Å². The summed E-state index contributed by atoms with van der Waals surface area (Å²) in [6.45, 7) is 13.1. The molecule has 0 bridgehead atoms. The Morgan fingerprint density at radius 2 is 2.04 bits per heavy atom. The Hall–Kier alpha value is -2.26. The Balaban J connectivity index is 2.17. The normalized spacial score (nSPS) is 12.2. The van der Waals surface area contributed by atoms with E-state index in [1.165, 1.54) is 0 Å². The van der Waals surface area contributed by atoms with Gasteiger partial charge < -0.3 is 9.47 Å². The fourth-order valence-electron chi connectivity index (χ4n) is 2.26. The first-order chi connectivity index (χ1) is 12.5. The van der Waals surface area contributed by atoms with Crippen LogP contribution in [0.5, 0.6) is 0 Å². The predicted octanol–water partition coefficient (Wildman–Crippen LogP) is 3.90. The SMILES string of the molecule is CC(C)(C)OC(=O)Nc1cc2c(cnn2COCC[Si](C)(C)C)nc1C=O. The summed E-state index contributed by atoms with van der Waals surface area (Å²) in [6, 6.07) is 2.72. The summed E-state index contributed by atoms with van der Waals surface area (Å²) in [5.74, 6) is 0. The average molecular weight is 393 g/mol. The molecule has 2 rings (SSSR count). The van der Waals surface area contributed by atoms with Crippen LogP contribution < -0.4 is 5.32 Å². The van der Waals surface area contributed by atoms with Crippen molar-refractivity contribution < 1.29 is 19.1 Å². The molecular weight excluding hydrogens is 364 g/mol. The van der Waals surface area contributed by atoms with Gasteiger partial charge in [-0.2, -0.15) is 5.10 Å². The number of nitrogens with one attached hydrogen (secondary N) is 1. The number of nitrogens with zero attached hydrogens (tertiary/aromatic N) is 3. The van der Waals surface area contributed by atoms with Crippen molar-refractivity contribution in [2.75, 3.05) is 11.9 Å². The van der Waals surface area contributed by atoms with Gasteiger partial charge in [-0.15, -0.1) is 0 Å². The molecule has 0 unspecified atom stereocenters. The summed E-state index contributed by atoms with van der Waals surface area (Å²) in [5, 5.41) is 6.85. The number of rotatable bonds is 7. The second-order valence-electron chi connectivity index (χ2n) is 8.56. The first-order valence-corrected chi connectivity index (χ1v) is 12.6. The highest BCUT2D eigenvalue weighted by Crippen LogP contribution is 2.21. The molecule has 148 valence electrons. The third kappa shape index (κ3) is 6.44. The maximum Gasteiger partial charge on any atom is 0.412 e. The van der Waals surface area contributed by atoms with E-state index in [4.69, 9.17) is 9.47 Å². The molecule has 0 saturated carbocycles. The molecular formula is C18H28N4O4Si. The number of aldehydes is 1. The minimum absolute atomic E-state index is 0.118. The number of ether oxygens (including phenoxy) is 2. The van der Waals surface area contributed by atoms with Crippen LogP contribution in [0, 0.1) is 0 Å². The Morgan fingerprint density at radius 3 is 2.63 bits per heavy atom. The van der Waals surface area contributed by atoms with Crippen LogP contribution in [-0.2, 0) is 16.2 Å². The number of anilines is 1. The second-order valence-corrected chi connectivity index (χ2v) is 14.2. The van der Waals surface area contributed by atoms with Crippen LogP contribution in [0.25, 0.3) is 11.0 Å². The second kappa shape index (κ2) is 8.18. The molecule has 9 heteroatoms. The summed E-state index contributed by atoms with van der Waals surface area (Å²) >= 11 is 0. The van der Waals surface area contributed by atoms with Gasteiger partial charge in [0.25, 0.3) is 0 Å². The van der Waals surface area contributed by atoms with Crippen molar-refractivity contribution in [2.45, 2.75) is 58.8 Å². The van der Waals surface area contributed by atoms with E-state index in [1.807, 2.05) is 0 Å². The number of amides is 1. The average Bonchev–Trinajstić information content (AvgIpc) is 2.90. The molecule has 0 atom stereocenters. The molecule has 0 aliphatic rings. The minimum Gasteiger partial charge on any atom is -0.444 e. The Kier molecular flexibility index (Phi) is 6.37. The molecule has 0 radical (unpaired) electrons. The van der Waals surface area contributed by atoms with Gasteiger partial charge in [0.2, 0.25) is 0 Å². The maximum atomic E-state index is 12.0. The van der Waals surface area contributed by atoms with Crippen molar-refractivity contribution >= 4 is 37.2 Å². The number of hydrogen-bond donors (Lipinski definition) is 1. The third-order valence-electron chi connectivity index (χ3n) is 3.62. The van der Waals surface area contributed by atoms with Crippen LogP contribution in [0.15, 0.2) is 12.3 Å². The van der Waals surface area contributed by atoms with Crippen molar-refractivity contribution in [3.8, 4) is 0 Å². The summed E-state index contributed by atoms with van der Waals surface area (Å²) in [6.07, 6.45) is 1.51. The summed E-state index contributed by atoms with van der Waals surface area (Å²) in [5.41, 5.74) is 0.970. The van der Waals surface area contributed by atoms with E-state index in [0.717, 1.165) is 6.04 Å².